The highest BCUT2D eigenvalue weighted by atomic mass is 32.2. The fraction of sp³-hybridized carbons (Fsp3) is 0.500. The Hall–Kier alpha value is -0.630. The van der Waals surface area contributed by atoms with Crippen molar-refractivity contribution in [2.45, 2.75) is 38.5 Å². The molecule has 0 radical (unpaired) electrons. The minimum atomic E-state index is -0.803. The van der Waals surface area contributed by atoms with E-state index >= 15 is 0 Å². The van der Waals surface area contributed by atoms with Crippen LogP contribution in [0.1, 0.15) is 30.9 Å². The summed E-state index contributed by atoms with van der Waals surface area (Å²) in [5.74, 6) is 0.792. The molecular formula is C12H18OS. The summed E-state index contributed by atoms with van der Waals surface area (Å²) in [7, 11) is -0.803. The lowest BCUT2D eigenvalue weighted by atomic mass is 10.2. The lowest BCUT2D eigenvalue weighted by Gasteiger charge is -2.06. The minimum Gasteiger partial charge on any atom is -0.254 e. The van der Waals surface area contributed by atoms with Gasteiger partial charge in [0.2, 0.25) is 0 Å². The maximum absolute atomic E-state index is 11.8. The van der Waals surface area contributed by atoms with Crippen molar-refractivity contribution in [3.63, 3.8) is 0 Å². The Morgan fingerprint density at radius 3 is 2.57 bits per heavy atom. The summed E-state index contributed by atoms with van der Waals surface area (Å²) in [6.07, 6.45) is 2.15. The zero-order valence-corrected chi connectivity index (χ0v) is 9.99. The number of benzene rings is 1. The van der Waals surface area contributed by atoms with Gasteiger partial charge in [-0.1, -0.05) is 31.0 Å². The van der Waals surface area contributed by atoms with Crippen LogP contribution in [0, 0.1) is 13.8 Å². The summed E-state index contributed by atoms with van der Waals surface area (Å²) in [6, 6.07) is 6.13. The van der Waals surface area contributed by atoms with E-state index in [4.69, 9.17) is 0 Å². The Morgan fingerprint density at radius 2 is 2.00 bits per heavy atom. The van der Waals surface area contributed by atoms with Crippen molar-refractivity contribution in [1.82, 2.24) is 0 Å². The number of hydrogen-bond acceptors (Lipinski definition) is 1. The van der Waals surface area contributed by atoms with E-state index in [1.165, 1.54) is 5.56 Å². The van der Waals surface area contributed by atoms with Gasteiger partial charge in [-0.3, -0.25) is 4.21 Å². The summed E-state index contributed by atoms with van der Waals surface area (Å²) in [5, 5.41) is 0. The zero-order chi connectivity index (χ0) is 10.6. The second-order valence-electron chi connectivity index (χ2n) is 3.67. The molecule has 0 saturated heterocycles. The molecule has 0 fully saturated rings. The van der Waals surface area contributed by atoms with Crippen LogP contribution in [0.25, 0.3) is 0 Å². The summed E-state index contributed by atoms with van der Waals surface area (Å²) >= 11 is 0. The van der Waals surface area contributed by atoms with Crippen LogP contribution in [0.3, 0.4) is 0 Å². The topological polar surface area (TPSA) is 17.1 Å². The molecule has 1 atom stereocenters. The Bertz CT molecular complexity index is 331. The summed E-state index contributed by atoms with van der Waals surface area (Å²) in [5.41, 5.74) is 2.39. The molecule has 1 rings (SSSR count). The highest BCUT2D eigenvalue weighted by Gasteiger charge is 2.05. The first kappa shape index (κ1) is 11.4. The van der Waals surface area contributed by atoms with Crippen molar-refractivity contribution in [1.29, 1.82) is 0 Å². The highest BCUT2D eigenvalue weighted by molar-refractivity contribution is 7.85. The van der Waals surface area contributed by atoms with Gasteiger partial charge in [-0.05, 0) is 31.9 Å². The number of aryl methyl sites for hydroxylation is 2. The van der Waals surface area contributed by atoms with E-state index in [-0.39, 0.29) is 0 Å². The predicted molar refractivity (Wildman–Crippen MR) is 62.1 cm³/mol. The van der Waals surface area contributed by atoms with Crippen LogP contribution in [-0.2, 0) is 10.8 Å². The van der Waals surface area contributed by atoms with E-state index in [0.29, 0.717) is 0 Å². The van der Waals surface area contributed by atoms with E-state index in [2.05, 4.69) is 19.9 Å². The maximum Gasteiger partial charge on any atom is 0.0532 e. The molecule has 2 heteroatoms. The largest absolute Gasteiger partial charge is 0.254 e. The number of rotatable bonds is 4. The van der Waals surface area contributed by atoms with Gasteiger partial charge in [0.25, 0.3) is 0 Å². The third kappa shape index (κ3) is 2.95. The van der Waals surface area contributed by atoms with Crippen LogP contribution in [0.15, 0.2) is 23.1 Å². The molecule has 0 aromatic heterocycles. The van der Waals surface area contributed by atoms with Crippen LogP contribution in [0.2, 0.25) is 0 Å². The summed E-state index contributed by atoms with van der Waals surface area (Å²) in [6.45, 7) is 6.22. The molecule has 1 unspecified atom stereocenters. The fourth-order valence-corrected chi connectivity index (χ4v) is 2.85. The standard InChI is InChI=1S/C12H18OS/c1-4-5-8-14(13)12-7-6-10(2)9-11(12)3/h6-7,9H,4-5,8H2,1-3H3. The third-order valence-corrected chi connectivity index (χ3v) is 3.87. The number of unbranched alkanes of at least 4 members (excludes halogenated alkanes) is 1. The van der Waals surface area contributed by atoms with Gasteiger partial charge in [0.1, 0.15) is 0 Å². The normalized spacial score (nSPS) is 12.8. The summed E-state index contributed by atoms with van der Waals surface area (Å²) < 4.78 is 11.8. The van der Waals surface area contributed by atoms with Crippen molar-refractivity contribution in [3.8, 4) is 0 Å². The van der Waals surface area contributed by atoms with Crippen LogP contribution >= 0.6 is 0 Å². The lowest BCUT2D eigenvalue weighted by Crippen LogP contribution is -2.00. The molecule has 0 aliphatic heterocycles. The Labute approximate surface area is 89.0 Å². The Morgan fingerprint density at radius 1 is 1.29 bits per heavy atom. The molecule has 0 aliphatic carbocycles. The molecule has 1 nitrogen and oxygen atoms in total. The van der Waals surface area contributed by atoms with E-state index in [9.17, 15) is 4.21 Å². The lowest BCUT2D eigenvalue weighted by molar-refractivity contribution is 0.679. The van der Waals surface area contributed by atoms with Gasteiger partial charge in [-0.25, -0.2) is 0 Å². The van der Waals surface area contributed by atoms with Gasteiger partial charge >= 0.3 is 0 Å². The summed E-state index contributed by atoms with van der Waals surface area (Å²) in [4.78, 5) is 1.00. The van der Waals surface area contributed by atoms with E-state index < -0.39 is 10.8 Å². The van der Waals surface area contributed by atoms with Crippen LogP contribution in [0.4, 0.5) is 0 Å². The van der Waals surface area contributed by atoms with Gasteiger partial charge in [0.05, 0.1) is 10.8 Å². The van der Waals surface area contributed by atoms with Crippen molar-refractivity contribution in [2.24, 2.45) is 0 Å². The van der Waals surface area contributed by atoms with E-state index in [1.807, 2.05) is 19.1 Å². The molecule has 0 amide bonds. The molecule has 14 heavy (non-hydrogen) atoms. The molecule has 0 bridgehead atoms. The molecule has 1 aromatic rings. The molecule has 1 aromatic carbocycles. The van der Waals surface area contributed by atoms with Gasteiger partial charge in [0, 0.05) is 10.6 Å². The predicted octanol–water partition coefficient (Wildman–Crippen LogP) is 3.21. The first-order valence-corrected chi connectivity index (χ1v) is 6.42. The Kier molecular flexibility index (Phi) is 4.33. The average Bonchev–Trinajstić information content (AvgIpc) is 2.14. The second kappa shape index (κ2) is 5.30. The first-order chi connectivity index (χ1) is 6.65. The van der Waals surface area contributed by atoms with Gasteiger partial charge in [-0.15, -0.1) is 0 Å². The molecule has 0 N–H and O–H groups in total. The van der Waals surface area contributed by atoms with Gasteiger partial charge in [0.15, 0.2) is 0 Å². The smallest absolute Gasteiger partial charge is 0.0532 e. The SMILES string of the molecule is CCCCS(=O)c1ccc(C)cc1C. The Balaban J connectivity index is 2.80. The number of hydrogen-bond donors (Lipinski definition) is 0. The molecule has 0 heterocycles. The van der Waals surface area contributed by atoms with Crippen molar-refractivity contribution >= 4 is 10.8 Å². The van der Waals surface area contributed by atoms with Crippen molar-refractivity contribution in [3.05, 3.63) is 29.3 Å². The molecule has 78 valence electrons. The first-order valence-electron chi connectivity index (χ1n) is 5.10. The molecule has 0 spiro atoms. The van der Waals surface area contributed by atoms with E-state index in [1.54, 1.807) is 0 Å². The van der Waals surface area contributed by atoms with Crippen LogP contribution < -0.4 is 0 Å². The van der Waals surface area contributed by atoms with Gasteiger partial charge in [-0.2, -0.15) is 0 Å². The zero-order valence-electron chi connectivity index (χ0n) is 9.17. The highest BCUT2D eigenvalue weighted by Crippen LogP contribution is 2.15. The van der Waals surface area contributed by atoms with Crippen LogP contribution in [0.5, 0.6) is 0 Å². The van der Waals surface area contributed by atoms with Crippen molar-refractivity contribution < 1.29 is 4.21 Å². The maximum atomic E-state index is 11.8. The minimum absolute atomic E-state index is 0.792. The quantitative estimate of drug-likeness (QED) is 0.746. The monoisotopic (exact) mass is 210 g/mol. The van der Waals surface area contributed by atoms with Crippen LogP contribution in [-0.4, -0.2) is 9.96 Å². The molecule has 0 aliphatic rings. The van der Waals surface area contributed by atoms with Gasteiger partial charge < -0.3 is 0 Å². The van der Waals surface area contributed by atoms with Crippen molar-refractivity contribution in [2.75, 3.05) is 5.75 Å². The molecule has 0 saturated carbocycles. The molecular weight excluding hydrogens is 192 g/mol. The van der Waals surface area contributed by atoms with E-state index in [0.717, 1.165) is 29.1 Å². The third-order valence-electron chi connectivity index (χ3n) is 2.26. The second-order valence-corrected chi connectivity index (χ2v) is 5.21. The fourth-order valence-electron chi connectivity index (χ4n) is 1.44. The average molecular weight is 210 g/mol.